The number of sulfonamides is 1. The van der Waals surface area contributed by atoms with Gasteiger partial charge >= 0.3 is 0 Å². The second kappa shape index (κ2) is 6.22. The molecule has 1 heterocycles. The van der Waals surface area contributed by atoms with Gasteiger partial charge in [-0.05, 0) is 29.6 Å². The molecule has 4 nitrogen and oxygen atoms in total. The second-order valence-electron chi connectivity index (χ2n) is 5.57. The highest BCUT2D eigenvalue weighted by molar-refractivity contribution is 7.89. The van der Waals surface area contributed by atoms with E-state index < -0.39 is 10.0 Å². The number of Topliss-reactive ketones (excluding diaryl/α,β-unsaturated/α-hetero) is 1. The molecule has 0 spiro atoms. The summed E-state index contributed by atoms with van der Waals surface area (Å²) in [5, 5.41) is 5.29. The number of hydrogen-bond acceptors (Lipinski definition) is 3. The van der Waals surface area contributed by atoms with Gasteiger partial charge in [-0.15, -0.1) is 5.98 Å². The van der Waals surface area contributed by atoms with E-state index in [-0.39, 0.29) is 10.7 Å². The van der Waals surface area contributed by atoms with Crippen molar-refractivity contribution in [3.63, 3.8) is 0 Å². The van der Waals surface area contributed by atoms with E-state index in [0.717, 1.165) is 5.56 Å². The molecule has 24 heavy (non-hydrogen) atoms. The molecule has 0 atom stereocenters. The Morgan fingerprint density at radius 1 is 1.12 bits per heavy atom. The van der Waals surface area contributed by atoms with Gasteiger partial charge in [-0.1, -0.05) is 48.6 Å². The Morgan fingerprint density at radius 3 is 2.50 bits per heavy atom. The standard InChI is InChI=1S/C18H15BNO3S/c1-12-11-13(15-5-2-3-7-17(15)24(20,22)23)8-9-14(12)18(21)16-6-4-10-19-16/h2-11H,1H3,(H2,20,22,23). The Bertz CT molecular complexity index is 991. The predicted octanol–water partition coefficient (Wildman–Crippen LogP) is 2.61. The van der Waals surface area contributed by atoms with Crippen LogP contribution in [0.4, 0.5) is 0 Å². The van der Waals surface area contributed by atoms with Gasteiger partial charge < -0.3 is 0 Å². The summed E-state index contributed by atoms with van der Waals surface area (Å²) in [6.45, 7) is 1.83. The van der Waals surface area contributed by atoms with Crippen LogP contribution in [0.5, 0.6) is 0 Å². The minimum atomic E-state index is -3.82. The second-order valence-corrected chi connectivity index (χ2v) is 7.10. The molecule has 1 aliphatic heterocycles. The van der Waals surface area contributed by atoms with E-state index >= 15 is 0 Å². The molecule has 6 heteroatoms. The number of primary sulfonamides is 1. The minimum Gasteiger partial charge on any atom is -0.290 e. The molecule has 0 unspecified atom stereocenters. The Kier molecular flexibility index (Phi) is 4.26. The summed E-state index contributed by atoms with van der Waals surface area (Å²) < 4.78 is 23.5. The van der Waals surface area contributed by atoms with Gasteiger partial charge in [0, 0.05) is 11.1 Å². The van der Waals surface area contributed by atoms with Gasteiger partial charge in [0.2, 0.25) is 10.0 Å². The van der Waals surface area contributed by atoms with Gasteiger partial charge in [-0.2, -0.15) is 0 Å². The molecule has 3 rings (SSSR count). The van der Waals surface area contributed by atoms with Crippen molar-refractivity contribution >= 4 is 23.1 Å². The van der Waals surface area contributed by atoms with Gasteiger partial charge in [0.1, 0.15) is 0 Å². The average Bonchev–Trinajstić information content (AvgIpc) is 3.08. The van der Waals surface area contributed by atoms with Gasteiger partial charge in [-0.3, -0.25) is 4.79 Å². The van der Waals surface area contributed by atoms with E-state index in [1.807, 2.05) is 19.0 Å². The lowest BCUT2D eigenvalue weighted by Gasteiger charge is -2.11. The summed E-state index contributed by atoms with van der Waals surface area (Å²) in [5.74, 6) is 1.77. The van der Waals surface area contributed by atoms with Gasteiger partial charge in [0.25, 0.3) is 0 Å². The molecule has 2 N–H and O–H groups in total. The van der Waals surface area contributed by atoms with E-state index in [2.05, 4.69) is 0 Å². The van der Waals surface area contributed by atoms with E-state index in [1.54, 1.807) is 49.8 Å². The zero-order valence-electron chi connectivity index (χ0n) is 13.1. The summed E-state index contributed by atoms with van der Waals surface area (Å²) in [4.78, 5) is 12.6. The third kappa shape index (κ3) is 3.11. The molecule has 119 valence electrons. The largest absolute Gasteiger partial charge is 0.290 e. The molecule has 2 aromatic carbocycles. The van der Waals surface area contributed by atoms with Crippen molar-refractivity contribution in [2.24, 2.45) is 5.14 Å². The van der Waals surface area contributed by atoms with E-state index in [9.17, 15) is 13.2 Å². The molecular formula is C18H15BNO3S. The van der Waals surface area contributed by atoms with E-state index in [4.69, 9.17) is 5.14 Å². The fourth-order valence-electron chi connectivity index (χ4n) is 2.72. The molecule has 0 fully saturated rings. The molecule has 0 amide bonds. The molecule has 2 aromatic rings. The van der Waals surface area contributed by atoms with Gasteiger partial charge in [0.15, 0.2) is 13.1 Å². The van der Waals surface area contributed by atoms with E-state index in [0.29, 0.717) is 22.2 Å². The average molecular weight is 336 g/mol. The van der Waals surface area contributed by atoms with Gasteiger partial charge in [-0.25, -0.2) is 13.6 Å². The number of carbonyl (C=O) groups excluding carboxylic acids is 1. The Hall–Kier alpha value is -2.44. The Balaban J connectivity index is 2.04. The van der Waals surface area contributed by atoms with Crippen LogP contribution in [0.3, 0.4) is 0 Å². The summed E-state index contributed by atoms with van der Waals surface area (Å²) in [6, 6.07) is 11.8. The highest BCUT2D eigenvalue weighted by Crippen LogP contribution is 2.29. The molecule has 0 aromatic heterocycles. The number of rotatable bonds is 4. The topological polar surface area (TPSA) is 77.2 Å². The third-order valence-electron chi connectivity index (χ3n) is 3.90. The van der Waals surface area contributed by atoms with Crippen LogP contribution in [0, 0.1) is 6.92 Å². The maximum atomic E-state index is 12.5. The van der Waals surface area contributed by atoms with Crippen LogP contribution in [-0.4, -0.2) is 21.5 Å². The molecule has 0 bridgehead atoms. The van der Waals surface area contributed by atoms with Gasteiger partial charge in [0.05, 0.1) is 4.90 Å². The zero-order valence-corrected chi connectivity index (χ0v) is 13.9. The number of allylic oxidation sites excluding steroid dienone is 3. The first-order chi connectivity index (χ1) is 11.4. The molecule has 0 aliphatic carbocycles. The number of ketones is 1. The molecule has 1 radical (unpaired) electrons. The normalized spacial score (nSPS) is 13.5. The van der Waals surface area contributed by atoms with Crippen LogP contribution in [0.2, 0.25) is 0 Å². The van der Waals surface area contributed by atoms with Crippen molar-refractivity contribution in [3.05, 3.63) is 77.2 Å². The van der Waals surface area contributed by atoms with Crippen molar-refractivity contribution in [1.29, 1.82) is 0 Å². The molecule has 0 saturated heterocycles. The fourth-order valence-corrected chi connectivity index (χ4v) is 3.48. The number of aryl methyl sites for hydroxylation is 1. The third-order valence-corrected chi connectivity index (χ3v) is 4.87. The van der Waals surface area contributed by atoms with Crippen molar-refractivity contribution in [2.45, 2.75) is 11.8 Å². The number of benzene rings is 2. The minimum absolute atomic E-state index is 0.0521. The lowest BCUT2D eigenvalue weighted by Crippen LogP contribution is -2.13. The lowest BCUT2D eigenvalue weighted by molar-refractivity contribution is 0.104. The predicted molar refractivity (Wildman–Crippen MR) is 95.3 cm³/mol. The molecule has 0 saturated carbocycles. The summed E-state index contributed by atoms with van der Waals surface area (Å²) >= 11 is 0. The molecule has 1 aliphatic rings. The number of carbonyl (C=O) groups is 1. The first-order valence-corrected chi connectivity index (χ1v) is 8.92. The van der Waals surface area contributed by atoms with E-state index in [1.165, 1.54) is 6.07 Å². The van der Waals surface area contributed by atoms with Crippen molar-refractivity contribution < 1.29 is 13.2 Å². The Morgan fingerprint density at radius 2 is 1.88 bits per heavy atom. The molecular weight excluding hydrogens is 321 g/mol. The van der Waals surface area contributed by atoms with Crippen LogP contribution < -0.4 is 5.14 Å². The van der Waals surface area contributed by atoms with Crippen molar-refractivity contribution in [3.8, 4) is 11.1 Å². The highest BCUT2D eigenvalue weighted by Gasteiger charge is 2.18. The first-order valence-electron chi connectivity index (χ1n) is 7.37. The quantitative estimate of drug-likeness (QED) is 0.689. The highest BCUT2D eigenvalue weighted by atomic mass is 32.2. The summed E-state index contributed by atoms with van der Waals surface area (Å²) in [7, 11) is -2.05. The SMILES string of the molecule is Cc1cc(-c2ccccc2S(N)(=O)=O)ccc1C(=O)C1=CC=C[B]1. The summed E-state index contributed by atoms with van der Waals surface area (Å²) in [6.07, 6.45) is 3.59. The van der Waals surface area contributed by atoms with Crippen molar-refractivity contribution in [2.75, 3.05) is 0 Å². The van der Waals surface area contributed by atoms with Crippen LogP contribution in [0.15, 0.2) is 71.0 Å². The maximum Gasteiger partial charge on any atom is 0.238 e. The number of hydrogen-bond donors (Lipinski definition) is 1. The monoisotopic (exact) mass is 336 g/mol. The summed E-state index contributed by atoms with van der Waals surface area (Å²) in [5.41, 5.74) is 3.24. The number of nitrogens with two attached hydrogens (primary N) is 1. The zero-order chi connectivity index (χ0) is 17.3. The first kappa shape index (κ1) is 16.4. The van der Waals surface area contributed by atoms with Crippen LogP contribution >= 0.6 is 0 Å². The Labute approximate surface area is 142 Å². The maximum absolute atomic E-state index is 12.5. The smallest absolute Gasteiger partial charge is 0.238 e. The lowest BCUT2D eigenvalue weighted by atomic mass is 9.69. The van der Waals surface area contributed by atoms with Crippen LogP contribution in [0.25, 0.3) is 11.1 Å². The fraction of sp³-hybridized carbons (Fsp3) is 0.0556. The van der Waals surface area contributed by atoms with Crippen molar-refractivity contribution in [1.82, 2.24) is 0 Å². The van der Waals surface area contributed by atoms with Crippen LogP contribution in [-0.2, 0) is 10.0 Å². The van der Waals surface area contributed by atoms with Crippen LogP contribution in [0.1, 0.15) is 15.9 Å².